The van der Waals surface area contributed by atoms with Crippen LogP contribution in [0.5, 0.6) is 0 Å². The predicted octanol–water partition coefficient (Wildman–Crippen LogP) is 2.58. The van der Waals surface area contributed by atoms with Gasteiger partial charge in [-0.05, 0) is 38.1 Å². The van der Waals surface area contributed by atoms with Crippen molar-refractivity contribution in [1.82, 2.24) is 4.90 Å². The Hall–Kier alpha value is -0.330. The summed E-state index contributed by atoms with van der Waals surface area (Å²) in [5.74, 6) is 0.717. The van der Waals surface area contributed by atoms with Crippen LogP contribution in [0.1, 0.15) is 38.5 Å². The molecule has 0 bridgehead atoms. The van der Waals surface area contributed by atoms with Crippen molar-refractivity contribution in [2.75, 3.05) is 32.8 Å². The van der Waals surface area contributed by atoms with Crippen LogP contribution in [0.25, 0.3) is 0 Å². The second-order valence-corrected chi connectivity index (χ2v) is 6.11. The minimum atomic E-state index is -4.51. The third kappa shape index (κ3) is 4.09. The Labute approximate surface area is 118 Å². The van der Waals surface area contributed by atoms with Crippen molar-refractivity contribution in [3.8, 4) is 0 Å². The molecule has 0 radical (unpaired) electrons. The summed E-state index contributed by atoms with van der Waals surface area (Å²) in [5, 5.41) is 9.58. The zero-order valence-corrected chi connectivity index (χ0v) is 11.8. The molecular formula is C14H24F3NO2. The molecule has 1 atom stereocenters. The maximum absolute atomic E-state index is 12.7. The highest BCUT2D eigenvalue weighted by atomic mass is 19.4. The third-order valence-corrected chi connectivity index (χ3v) is 4.53. The van der Waals surface area contributed by atoms with Crippen LogP contribution >= 0.6 is 0 Å². The molecule has 3 nitrogen and oxygen atoms in total. The third-order valence-electron chi connectivity index (χ3n) is 4.53. The zero-order valence-electron chi connectivity index (χ0n) is 11.8. The molecule has 6 heteroatoms. The van der Waals surface area contributed by atoms with Gasteiger partial charge in [0, 0.05) is 26.3 Å². The van der Waals surface area contributed by atoms with E-state index in [0.29, 0.717) is 13.1 Å². The van der Waals surface area contributed by atoms with Crippen LogP contribution in [0, 0.1) is 5.92 Å². The number of hydrogen-bond donors (Lipinski definition) is 1. The van der Waals surface area contributed by atoms with Gasteiger partial charge in [-0.3, -0.25) is 0 Å². The van der Waals surface area contributed by atoms with Crippen molar-refractivity contribution in [3.05, 3.63) is 0 Å². The number of aliphatic hydroxyl groups is 1. The Kier molecular flexibility index (Phi) is 5.31. The Morgan fingerprint density at radius 1 is 1.20 bits per heavy atom. The lowest BCUT2D eigenvalue weighted by Crippen LogP contribution is -2.47. The summed E-state index contributed by atoms with van der Waals surface area (Å²) < 4.78 is 43.3. The van der Waals surface area contributed by atoms with Crippen LogP contribution < -0.4 is 0 Å². The molecule has 0 aromatic carbocycles. The highest BCUT2D eigenvalue weighted by molar-refractivity contribution is 4.95. The highest BCUT2D eigenvalue weighted by Gasteiger charge is 2.56. The molecule has 2 saturated heterocycles. The first-order valence-corrected chi connectivity index (χ1v) is 7.50. The first kappa shape index (κ1) is 16.0. The van der Waals surface area contributed by atoms with Crippen LogP contribution in [0.2, 0.25) is 0 Å². The van der Waals surface area contributed by atoms with E-state index in [1.807, 2.05) is 0 Å². The molecule has 1 N–H and O–H groups in total. The Bertz CT molecular complexity index is 305. The van der Waals surface area contributed by atoms with Gasteiger partial charge < -0.3 is 14.7 Å². The number of rotatable bonds is 5. The van der Waals surface area contributed by atoms with E-state index >= 15 is 0 Å². The summed E-state index contributed by atoms with van der Waals surface area (Å²) in [4.78, 5) is 1.73. The van der Waals surface area contributed by atoms with Gasteiger partial charge in [0.15, 0.2) is 5.60 Å². The zero-order chi connectivity index (χ0) is 14.6. The minimum absolute atomic E-state index is 0.198. The van der Waals surface area contributed by atoms with Gasteiger partial charge in [0.1, 0.15) is 0 Å². The van der Waals surface area contributed by atoms with Crippen molar-refractivity contribution in [3.63, 3.8) is 0 Å². The predicted molar refractivity (Wildman–Crippen MR) is 69.5 cm³/mol. The van der Waals surface area contributed by atoms with E-state index in [1.54, 1.807) is 4.90 Å². The number of ether oxygens (including phenoxy) is 1. The van der Waals surface area contributed by atoms with Crippen LogP contribution in [0.4, 0.5) is 13.2 Å². The molecule has 2 rings (SSSR count). The first-order chi connectivity index (χ1) is 9.41. The van der Waals surface area contributed by atoms with Crippen molar-refractivity contribution >= 4 is 0 Å². The first-order valence-electron chi connectivity index (χ1n) is 7.50. The van der Waals surface area contributed by atoms with Crippen molar-refractivity contribution < 1.29 is 23.0 Å². The molecule has 2 heterocycles. The maximum Gasteiger partial charge on any atom is 0.418 e. The second-order valence-electron chi connectivity index (χ2n) is 6.11. The molecule has 2 fully saturated rings. The molecule has 0 amide bonds. The van der Waals surface area contributed by atoms with Gasteiger partial charge >= 0.3 is 6.18 Å². The summed E-state index contributed by atoms with van der Waals surface area (Å²) in [6.07, 6.45) is 0.604. The quantitative estimate of drug-likeness (QED) is 0.791. The molecule has 118 valence electrons. The van der Waals surface area contributed by atoms with Crippen LogP contribution in [-0.4, -0.2) is 54.6 Å². The van der Waals surface area contributed by atoms with Crippen molar-refractivity contribution in [1.29, 1.82) is 0 Å². The largest absolute Gasteiger partial charge is 0.418 e. The number of alkyl halides is 3. The molecule has 0 spiro atoms. The van der Waals surface area contributed by atoms with Crippen LogP contribution in [0.15, 0.2) is 0 Å². The summed E-state index contributed by atoms with van der Waals surface area (Å²) in [7, 11) is 0. The molecule has 0 aliphatic carbocycles. The van der Waals surface area contributed by atoms with Gasteiger partial charge in [0.05, 0.1) is 0 Å². The Morgan fingerprint density at radius 2 is 1.90 bits per heavy atom. The molecule has 20 heavy (non-hydrogen) atoms. The van der Waals surface area contributed by atoms with E-state index in [2.05, 4.69) is 0 Å². The fourth-order valence-corrected chi connectivity index (χ4v) is 3.10. The number of unbranched alkanes of at least 4 members (excludes halogenated alkanes) is 1. The van der Waals surface area contributed by atoms with Gasteiger partial charge in [-0.2, -0.15) is 13.2 Å². The molecular weight excluding hydrogens is 271 g/mol. The van der Waals surface area contributed by atoms with Crippen molar-refractivity contribution in [2.45, 2.75) is 50.3 Å². The van der Waals surface area contributed by atoms with E-state index < -0.39 is 11.8 Å². The molecule has 0 aromatic rings. The molecule has 0 aromatic heterocycles. The van der Waals surface area contributed by atoms with E-state index in [4.69, 9.17) is 4.74 Å². The molecule has 0 unspecified atom stereocenters. The van der Waals surface area contributed by atoms with Crippen molar-refractivity contribution in [2.24, 2.45) is 5.92 Å². The number of nitrogens with zero attached hydrogens (tertiary/aromatic N) is 1. The molecule has 2 aliphatic rings. The number of β-amino-alcohol motifs (C(OH)–C–C–N with tert-alkyl or cyclic N) is 1. The smallest absolute Gasteiger partial charge is 0.381 e. The Balaban J connectivity index is 1.61. The number of hydrogen-bond acceptors (Lipinski definition) is 3. The fourth-order valence-electron chi connectivity index (χ4n) is 3.10. The molecule has 2 aliphatic heterocycles. The van der Waals surface area contributed by atoms with Crippen LogP contribution in [-0.2, 0) is 4.74 Å². The summed E-state index contributed by atoms with van der Waals surface area (Å²) >= 11 is 0. The summed E-state index contributed by atoms with van der Waals surface area (Å²) in [5.41, 5.74) is -2.49. The average molecular weight is 295 g/mol. The topological polar surface area (TPSA) is 32.7 Å². The number of likely N-dealkylation sites (tertiary alicyclic amines) is 1. The highest BCUT2D eigenvalue weighted by Crippen LogP contribution is 2.37. The van der Waals surface area contributed by atoms with E-state index in [9.17, 15) is 18.3 Å². The average Bonchev–Trinajstić information content (AvgIpc) is 2.79. The number of halogens is 3. The second kappa shape index (κ2) is 6.62. The summed E-state index contributed by atoms with van der Waals surface area (Å²) in [6.45, 7) is 2.41. The lowest BCUT2D eigenvalue weighted by Gasteiger charge is -2.26. The standard InChI is InChI=1S/C14H24F3NO2/c15-14(16,17)13(19)6-8-18(11-13)7-2-1-3-12-4-9-20-10-5-12/h12,19H,1-11H2/t13-/m1/s1. The lowest BCUT2D eigenvalue weighted by atomic mass is 9.94. The lowest BCUT2D eigenvalue weighted by molar-refractivity contribution is -0.253. The Morgan fingerprint density at radius 3 is 2.50 bits per heavy atom. The van der Waals surface area contributed by atoms with E-state index in [0.717, 1.165) is 51.2 Å². The van der Waals surface area contributed by atoms with Gasteiger partial charge in [-0.15, -0.1) is 0 Å². The van der Waals surface area contributed by atoms with Gasteiger partial charge in [0.2, 0.25) is 0 Å². The fraction of sp³-hybridized carbons (Fsp3) is 1.00. The molecule has 0 saturated carbocycles. The van der Waals surface area contributed by atoms with Gasteiger partial charge in [0.25, 0.3) is 0 Å². The van der Waals surface area contributed by atoms with E-state index in [1.165, 1.54) is 0 Å². The van der Waals surface area contributed by atoms with Crippen LogP contribution in [0.3, 0.4) is 0 Å². The van der Waals surface area contributed by atoms with Gasteiger partial charge in [-0.25, -0.2) is 0 Å². The summed E-state index contributed by atoms with van der Waals surface area (Å²) in [6, 6.07) is 0. The monoisotopic (exact) mass is 295 g/mol. The minimum Gasteiger partial charge on any atom is -0.381 e. The van der Waals surface area contributed by atoms with Gasteiger partial charge in [-0.1, -0.05) is 12.8 Å². The normalized spacial score (nSPS) is 30.0. The maximum atomic E-state index is 12.7. The SMILES string of the molecule is O[C@]1(C(F)(F)F)CCN(CCCCC2CCOCC2)C1. The van der Waals surface area contributed by atoms with E-state index in [-0.39, 0.29) is 13.0 Å².